The Hall–Kier alpha value is -3.30. The Kier molecular flexibility index (Phi) is 6.05. The average Bonchev–Trinajstić information content (AvgIpc) is 3.40. The zero-order valence-electron chi connectivity index (χ0n) is 19.0. The van der Waals surface area contributed by atoms with Crippen LogP contribution in [-0.2, 0) is 15.1 Å². The number of hydrogen-bond donors (Lipinski definition) is 2. The Morgan fingerprint density at radius 1 is 1.12 bits per heavy atom. The molecule has 0 bridgehead atoms. The summed E-state index contributed by atoms with van der Waals surface area (Å²) in [7, 11) is 0. The minimum atomic E-state index is -1.17. The summed E-state index contributed by atoms with van der Waals surface area (Å²) in [6.45, 7) is 3.49. The first-order valence-electron chi connectivity index (χ1n) is 11.6. The van der Waals surface area contributed by atoms with Gasteiger partial charge in [-0.1, -0.05) is 49.4 Å². The quantitative estimate of drug-likeness (QED) is 0.531. The van der Waals surface area contributed by atoms with Crippen LogP contribution in [-0.4, -0.2) is 52.4 Å². The fourth-order valence-corrected chi connectivity index (χ4v) is 5.94. The number of para-hydroxylation sites is 1. The Morgan fingerprint density at radius 3 is 2.53 bits per heavy atom. The van der Waals surface area contributed by atoms with Gasteiger partial charge < -0.3 is 5.32 Å². The molecule has 0 saturated carbocycles. The molecular formula is C25H27N5O3S. The van der Waals surface area contributed by atoms with Crippen LogP contribution in [0.5, 0.6) is 0 Å². The van der Waals surface area contributed by atoms with Crippen molar-refractivity contribution in [3.05, 3.63) is 65.2 Å². The zero-order chi connectivity index (χ0) is 23.7. The molecule has 0 spiro atoms. The maximum atomic E-state index is 13.2. The summed E-state index contributed by atoms with van der Waals surface area (Å²) in [6.07, 6.45) is 2.22. The number of carbonyl (C=O) groups excluding carboxylic acids is 3. The van der Waals surface area contributed by atoms with Crippen LogP contribution in [0, 0.1) is 0 Å². The molecule has 1 aromatic heterocycles. The number of rotatable bonds is 6. The average molecular weight is 478 g/mol. The monoisotopic (exact) mass is 477 g/mol. The molecule has 2 aliphatic heterocycles. The predicted molar refractivity (Wildman–Crippen MR) is 130 cm³/mol. The van der Waals surface area contributed by atoms with E-state index in [0.717, 1.165) is 41.5 Å². The molecule has 3 aromatic rings. The second kappa shape index (κ2) is 9.15. The van der Waals surface area contributed by atoms with E-state index in [1.165, 1.54) is 4.70 Å². The van der Waals surface area contributed by atoms with Crippen molar-refractivity contribution in [1.29, 1.82) is 0 Å². The van der Waals surface area contributed by atoms with Crippen molar-refractivity contribution < 1.29 is 14.4 Å². The summed E-state index contributed by atoms with van der Waals surface area (Å²) in [5.74, 6) is -0.449. The number of likely N-dealkylation sites (tertiary alicyclic amines) is 1. The van der Waals surface area contributed by atoms with Crippen LogP contribution in [0.3, 0.4) is 0 Å². The van der Waals surface area contributed by atoms with Crippen molar-refractivity contribution in [1.82, 2.24) is 25.6 Å². The van der Waals surface area contributed by atoms with Crippen molar-refractivity contribution in [2.24, 2.45) is 0 Å². The van der Waals surface area contributed by atoms with E-state index in [-0.39, 0.29) is 12.5 Å². The number of imide groups is 1. The lowest BCUT2D eigenvalue weighted by atomic mass is 9.87. The molecule has 5 rings (SSSR count). The van der Waals surface area contributed by atoms with E-state index < -0.39 is 17.5 Å². The SMILES string of the molecule is CC[C@]1(c2ccccc2)NC(=O)N(NC(=O)CN2CCC(c3nc4ccccc4s3)CC2)C1=O. The highest BCUT2D eigenvalue weighted by molar-refractivity contribution is 7.18. The molecule has 3 heterocycles. The van der Waals surface area contributed by atoms with Gasteiger partial charge in [-0.2, -0.15) is 5.01 Å². The molecule has 2 aliphatic rings. The van der Waals surface area contributed by atoms with Crippen molar-refractivity contribution >= 4 is 39.4 Å². The minimum absolute atomic E-state index is 0.133. The number of hydrazine groups is 1. The van der Waals surface area contributed by atoms with Gasteiger partial charge in [0.25, 0.3) is 11.8 Å². The number of urea groups is 1. The first kappa shape index (κ1) is 22.5. The second-order valence-corrected chi connectivity index (χ2v) is 9.86. The van der Waals surface area contributed by atoms with Gasteiger partial charge in [0.15, 0.2) is 0 Å². The van der Waals surface area contributed by atoms with E-state index in [9.17, 15) is 14.4 Å². The van der Waals surface area contributed by atoms with Crippen molar-refractivity contribution in [3.8, 4) is 0 Å². The zero-order valence-corrected chi connectivity index (χ0v) is 19.8. The van der Waals surface area contributed by atoms with Crippen LogP contribution in [0.4, 0.5) is 4.79 Å². The number of fused-ring (bicyclic) bond motifs is 1. The van der Waals surface area contributed by atoms with Crippen LogP contribution >= 0.6 is 11.3 Å². The first-order chi connectivity index (χ1) is 16.5. The van der Waals surface area contributed by atoms with E-state index >= 15 is 0 Å². The molecule has 2 fully saturated rings. The molecule has 9 heteroatoms. The van der Waals surface area contributed by atoms with Crippen LogP contribution in [0.1, 0.15) is 42.7 Å². The van der Waals surface area contributed by atoms with Gasteiger partial charge in [0.2, 0.25) is 0 Å². The third-order valence-corrected chi connectivity index (χ3v) is 7.94. The number of carbonyl (C=O) groups is 3. The van der Waals surface area contributed by atoms with E-state index in [1.807, 2.05) is 55.5 Å². The molecular weight excluding hydrogens is 450 g/mol. The summed E-state index contributed by atoms with van der Waals surface area (Å²) in [6, 6.07) is 16.7. The molecule has 0 aliphatic carbocycles. The number of thiazole rings is 1. The molecule has 8 nitrogen and oxygen atoms in total. The van der Waals surface area contributed by atoms with E-state index in [2.05, 4.69) is 21.7 Å². The fourth-order valence-electron chi connectivity index (χ4n) is 4.80. The summed E-state index contributed by atoms with van der Waals surface area (Å²) < 4.78 is 1.20. The lowest BCUT2D eigenvalue weighted by Crippen LogP contribution is -2.51. The minimum Gasteiger partial charge on any atom is -0.318 e. The number of aromatic nitrogens is 1. The Labute approximate surface area is 201 Å². The third-order valence-electron chi connectivity index (χ3n) is 6.74. The smallest absolute Gasteiger partial charge is 0.318 e. The van der Waals surface area contributed by atoms with Crippen molar-refractivity contribution in [3.63, 3.8) is 0 Å². The molecule has 0 radical (unpaired) electrons. The van der Waals surface area contributed by atoms with Gasteiger partial charge in [0.1, 0.15) is 5.54 Å². The van der Waals surface area contributed by atoms with Gasteiger partial charge >= 0.3 is 6.03 Å². The van der Waals surface area contributed by atoms with Gasteiger partial charge in [-0.3, -0.25) is 19.9 Å². The molecule has 2 saturated heterocycles. The van der Waals surface area contributed by atoms with Crippen molar-refractivity contribution in [2.45, 2.75) is 37.6 Å². The van der Waals surface area contributed by atoms with Gasteiger partial charge in [-0.25, -0.2) is 9.78 Å². The number of piperidine rings is 1. The Morgan fingerprint density at radius 2 is 1.82 bits per heavy atom. The molecule has 1 atom stereocenters. The molecule has 2 N–H and O–H groups in total. The lowest BCUT2D eigenvalue weighted by Gasteiger charge is -2.31. The van der Waals surface area contributed by atoms with Crippen molar-refractivity contribution in [2.75, 3.05) is 19.6 Å². The summed E-state index contributed by atoms with van der Waals surface area (Å²) >= 11 is 1.74. The van der Waals surface area contributed by atoms with Crippen LogP contribution < -0.4 is 10.7 Å². The van der Waals surface area contributed by atoms with Gasteiger partial charge in [0, 0.05) is 5.92 Å². The molecule has 34 heavy (non-hydrogen) atoms. The number of amides is 4. The summed E-state index contributed by atoms with van der Waals surface area (Å²) in [5, 5.41) is 4.76. The number of hydrogen-bond acceptors (Lipinski definition) is 6. The van der Waals surface area contributed by atoms with Crippen LogP contribution in [0.15, 0.2) is 54.6 Å². The molecule has 176 valence electrons. The summed E-state index contributed by atoms with van der Waals surface area (Å²) in [5.41, 5.74) is 3.10. The maximum Gasteiger partial charge on any atom is 0.344 e. The molecule has 0 unspecified atom stereocenters. The maximum absolute atomic E-state index is 13.2. The molecule has 4 amide bonds. The predicted octanol–water partition coefficient (Wildman–Crippen LogP) is 3.36. The fraction of sp³-hybridized carbons (Fsp3) is 0.360. The largest absolute Gasteiger partial charge is 0.344 e. The van der Waals surface area contributed by atoms with E-state index in [0.29, 0.717) is 17.9 Å². The highest BCUT2D eigenvalue weighted by Gasteiger charge is 2.52. The normalized spacial score (nSPS) is 21.7. The number of nitrogens with one attached hydrogen (secondary N) is 2. The van der Waals surface area contributed by atoms with Crippen LogP contribution in [0.25, 0.3) is 10.2 Å². The van der Waals surface area contributed by atoms with E-state index in [4.69, 9.17) is 4.98 Å². The first-order valence-corrected chi connectivity index (χ1v) is 12.4. The lowest BCUT2D eigenvalue weighted by molar-refractivity contribution is -0.140. The number of benzene rings is 2. The van der Waals surface area contributed by atoms with Gasteiger partial charge in [-0.05, 0) is 50.0 Å². The van der Waals surface area contributed by atoms with Gasteiger partial charge in [-0.15, -0.1) is 11.3 Å². The standard InChI is InChI=1S/C25H27N5O3S/c1-2-25(18-8-4-3-5-9-18)23(32)30(24(33)27-25)28-21(31)16-29-14-12-17(13-15-29)22-26-19-10-6-7-11-20(19)34-22/h3-11,17H,2,12-16H2,1H3,(H,27,33)(H,28,31)/t25-/m1/s1. The third kappa shape index (κ3) is 4.05. The van der Waals surface area contributed by atoms with Gasteiger partial charge in [0.05, 0.1) is 21.8 Å². The number of nitrogens with zero attached hydrogens (tertiary/aromatic N) is 3. The Bertz CT molecular complexity index is 1190. The highest BCUT2D eigenvalue weighted by Crippen LogP contribution is 2.34. The molecule has 2 aromatic carbocycles. The second-order valence-electron chi connectivity index (χ2n) is 8.80. The van der Waals surface area contributed by atoms with Crippen LogP contribution in [0.2, 0.25) is 0 Å². The van der Waals surface area contributed by atoms with E-state index in [1.54, 1.807) is 11.3 Å². The highest BCUT2D eigenvalue weighted by atomic mass is 32.1. The Balaban J connectivity index is 1.18. The summed E-state index contributed by atoms with van der Waals surface area (Å²) in [4.78, 5) is 45.3. The topological polar surface area (TPSA) is 94.6 Å².